The topological polar surface area (TPSA) is 90.4 Å². The number of methoxy groups -OCH3 is 2. The molecule has 0 saturated heterocycles. The zero-order valence-corrected chi connectivity index (χ0v) is 12.2. The number of esters is 1. The normalized spacial score (nSPS) is 9.91. The van der Waals surface area contributed by atoms with Crippen LogP contribution in [0.2, 0.25) is 0 Å². The second kappa shape index (κ2) is 7.16. The van der Waals surface area contributed by atoms with Crippen molar-refractivity contribution in [2.75, 3.05) is 20.8 Å². The van der Waals surface area contributed by atoms with Crippen LogP contribution in [0.4, 0.5) is 0 Å². The molecule has 2 aromatic rings. The van der Waals surface area contributed by atoms with Gasteiger partial charge in [0.15, 0.2) is 0 Å². The fraction of sp³-hybridized carbons (Fsp3) is 0.200. The van der Waals surface area contributed by atoms with Crippen molar-refractivity contribution in [3.63, 3.8) is 0 Å². The molecular formula is C15H15N3O4. The summed E-state index contributed by atoms with van der Waals surface area (Å²) in [6.07, 6.45) is 0. The van der Waals surface area contributed by atoms with E-state index in [1.165, 1.54) is 14.2 Å². The van der Waals surface area contributed by atoms with Crippen molar-refractivity contribution < 1.29 is 19.1 Å². The van der Waals surface area contributed by atoms with Gasteiger partial charge in [-0.25, -0.2) is 0 Å². The lowest BCUT2D eigenvalue weighted by molar-refractivity contribution is -0.139. The second-order valence-electron chi connectivity index (χ2n) is 4.30. The first-order valence-corrected chi connectivity index (χ1v) is 6.47. The quantitative estimate of drug-likeness (QED) is 0.830. The van der Waals surface area contributed by atoms with Crippen molar-refractivity contribution >= 4 is 11.9 Å². The Morgan fingerprint density at radius 2 is 1.95 bits per heavy atom. The molecular weight excluding hydrogens is 286 g/mol. The minimum absolute atomic E-state index is 0.179. The van der Waals surface area contributed by atoms with Crippen LogP contribution < -0.4 is 10.1 Å². The molecule has 0 unspecified atom stereocenters. The summed E-state index contributed by atoms with van der Waals surface area (Å²) in [6.45, 7) is -0.179. The molecule has 0 saturated carbocycles. The highest BCUT2D eigenvalue weighted by atomic mass is 16.5. The molecule has 0 fully saturated rings. The maximum absolute atomic E-state index is 12.0. The summed E-state index contributed by atoms with van der Waals surface area (Å²) in [6, 6.07) is 10.3. The molecule has 0 atom stereocenters. The summed E-state index contributed by atoms with van der Waals surface area (Å²) in [7, 11) is 2.77. The molecule has 7 heteroatoms. The lowest BCUT2D eigenvalue weighted by Gasteiger charge is -2.06. The molecule has 0 aliphatic carbocycles. The molecule has 22 heavy (non-hydrogen) atoms. The summed E-state index contributed by atoms with van der Waals surface area (Å²) in [5, 5.41) is 10.4. The lowest BCUT2D eigenvalue weighted by atomic mass is 10.1. The third kappa shape index (κ3) is 3.78. The predicted molar refractivity (Wildman–Crippen MR) is 78.4 cm³/mol. The summed E-state index contributed by atoms with van der Waals surface area (Å²) in [5.74, 6) is -0.463. The van der Waals surface area contributed by atoms with Crippen molar-refractivity contribution in [3.8, 4) is 17.1 Å². The third-order valence-corrected chi connectivity index (χ3v) is 2.89. The van der Waals surface area contributed by atoms with Gasteiger partial charge in [0.1, 0.15) is 6.54 Å². The van der Waals surface area contributed by atoms with E-state index in [0.29, 0.717) is 17.1 Å². The molecule has 1 aromatic carbocycles. The van der Waals surface area contributed by atoms with Crippen molar-refractivity contribution in [1.82, 2.24) is 15.5 Å². The van der Waals surface area contributed by atoms with E-state index in [9.17, 15) is 9.59 Å². The Kier molecular flexibility index (Phi) is 5.02. The average molecular weight is 301 g/mol. The molecule has 0 aliphatic heterocycles. The van der Waals surface area contributed by atoms with Crippen LogP contribution in [0.15, 0.2) is 36.4 Å². The number of rotatable bonds is 5. The van der Waals surface area contributed by atoms with E-state index >= 15 is 0 Å². The zero-order chi connectivity index (χ0) is 15.9. The molecule has 1 N–H and O–H groups in total. The molecule has 1 aromatic heterocycles. The number of amides is 1. The lowest BCUT2D eigenvalue weighted by Crippen LogP contribution is -2.30. The van der Waals surface area contributed by atoms with E-state index < -0.39 is 5.97 Å². The molecule has 7 nitrogen and oxygen atoms in total. The minimum atomic E-state index is -0.509. The maximum atomic E-state index is 12.0. The van der Waals surface area contributed by atoms with E-state index in [4.69, 9.17) is 4.74 Å². The number of aromatic nitrogens is 2. The SMILES string of the molecule is COC(=O)CNC(=O)c1cccc(-c2ccc(OC)nn2)c1. The van der Waals surface area contributed by atoms with Crippen LogP contribution in [0.1, 0.15) is 10.4 Å². The summed E-state index contributed by atoms with van der Waals surface area (Å²) >= 11 is 0. The van der Waals surface area contributed by atoms with Crippen LogP contribution in [-0.4, -0.2) is 42.8 Å². The summed E-state index contributed by atoms with van der Waals surface area (Å²) in [5.41, 5.74) is 1.77. The van der Waals surface area contributed by atoms with Crippen molar-refractivity contribution in [3.05, 3.63) is 42.0 Å². The first-order chi connectivity index (χ1) is 10.6. The van der Waals surface area contributed by atoms with Crippen LogP contribution in [-0.2, 0) is 9.53 Å². The van der Waals surface area contributed by atoms with Gasteiger partial charge in [-0.15, -0.1) is 10.2 Å². The Morgan fingerprint density at radius 3 is 2.59 bits per heavy atom. The number of hydrogen-bond acceptors (Lipinski definition) is 6. The van der Waals surface area contributed by atoms with Gasteiger partial charge in [0, 0.05) is 17.2 Å². The Hall–Kier alpha value is -2.96. The van der Waals surface area contributed by atoms with Crippen LogP contribution >= 0.6 is 0 Å². The van der Waals surface area contributed by atoms with Crippen LogP contribution in [0.5, 0.6) is 5.88 Å². The predicted octanol–water partition coefficient (Wildman–Crippen LogP) is 1.05. The highest BCUT2D eigenvalue weighted by Gasteiger charge is 2.10. The van der Waals surface area contributed by atoms with E-state index in [2.05, 4.69) is 20.3 Å². The van der Waals surface area contributed by atoms with E-state index in [1.807, 2.05) is 6.07 Å². The van der Waals surface area contributed by atoms with Crippen molar-refractivity contribution in [2.24, 2.45) is 0 Å². The molecule has 0 radical (unpaired) electrons. The van der Waals surface area contributed by atoms with Gasteiger partial charge in [0.25, 0.3) is 5.91 Å². The van der Waals surface area contributed by atoms with Gasteiger partial charge in [-0.2, -0.15) is 0 Å². The molecule has 1 heterocycles. The Morgan fingerprint density at radius 1 is 1.14 bits per heavy atom. The number of hydrogen-bond donors (Lipinski definition) is 1. The monoisotopic (exact) mass is 301 g/mol. The van der Waals surface area contributed by atoms with Gasteiger partial charge in [-0.05, 0) is 18.2 Å². The summed E-state index contributed by atoms with van der Waals surface area (Å²) in [4.78, 5) is 23.0. The van der Waals surface area contributed by atoms with E-state index in [1.54, 1.807) is 30.3 Å². The number of nitrogens with one attached hydrogen (secondary N) is 1. The van der Waals surface area contributed by atoms with Gasteiger partial charge in [0.05, 0.1) is 19.9 Å². The maximum Gasteiger partial charge on any atom is 0.325 e. The molecule has 0 spiro atoms. The largest absolute Gasteiger partial charge is 0.480 e. The Labute approximate surface area is 127 Å². The number of nitrogens with zero attached hydrogens (tertiary/aromatic N) is 2. The van der Waals surface area contributed by atoms with Crippen LogP contribution in [0, 0.1) is 0 Å². The smallest absolute Gasteiger partial charge is 0.325 e. The second-order valence-corrected chi connectivity index (χ2v) is 4.30. The van der Waals surface area contributed by atoms with Gasteiger partial charge >= 0.3 is 5.97 Å². The first kappa shape index (κ1) is 15.4. The molecule has 0 bridgehead atoms. The van der Waals surface area contributed by atoms with Gasteiger partial charge in [-0.3, -0.25) is 9.59 Å². The molecule has 2 rings (SSSR count). The highest BCUT2D eigenvalue weighted by molar-refractivity contribution is 5.96. The summed E-state index contributed by atoms with van der Waals surface area (Å²) < 4.78 is 9.42. The first-order valence-electron chi connectivity index (χ1n) is 6.47. The zero-order valence-electron chi connectivity index (χ0n) is 12.2. The van der Waals surface area contributed by atoms with E-state index in [-0.39, 0.29) is 12.5 Å². The van der Waals surface area contributed by atoms with Crippen LogP contribution in [0.25, 0.3) is 11.3 Å². The molecule has 0 aliphatic rings. The molecule has 114 valence electrons. The highest BCUT2D eigenvalue weighted by Crippen LogP contribution is 2.19. The number of carbonyl (C=O) groups excluding carboxylic acids is 2. The van der Waals surface area contributed by atoms with Crippen molar-refractivity contribution in [2.45, 2.75) is 0 Å². The van der Waals surface area contributed by atoms with E-state index in [0.717, 1.165) is 5.56 Å². The number of benzene rings is 1. The number of carbonyl (C=O) groups is 2. The fourth-order valence-corrected chi connectivity index (χ4v) is 1.73. The Bertz CT molecular complexity index is 671. The van der Waals surface area contributed by atoms with Crippen molar-refractivity contribution in [1.29, 1.82) is 0 Å². The average Bonchev–Trinajstić information content (AvgIpc) is 2.59. The standard InChI is InChI=1S/C15H15N3O4/c1-21-13-7-6-12(17-18-13)10-4-3-5-11(8-10)15(20)16-9-14(19)22-2/h3-8H,9H2,1-2H3,(H,16,20). The number of ether oxygens (including phenoxy) is 2. The van der Waals surface area contributed by atoms with Crippen LogP contribution in [0.3, 0.4) is 0 Å². The third-order valence-electron chi connectivity index (χ3n) is 2.89. The van der Waals surface area contributed by atoms with Gasteiger partial charge < -0.3 is 14.8 Å². The Balaban J connectivity index is 2.15. The van der Waals surface area contributed by atoms with Gasteiger partial charge in [0.2, 0.25) is 5.88 Å². The molecule has 1 amide bonds. The van der Waals surface area contributed by atoms with Gasteiger partial charge in [-0.1, -0.05) is 12.1 Å². The minimum Gasteiger partial charge on any atom is -0.480 e. The fourth-order valence-electron chi connectivity index (χ4n) is 1.73.